The highest BCUT2D eigenvalue weighted by Gasteiger charge is 2.22. The number of hydrogen-bond donors (Lipinski definition) is 1. The molecule has 1 aromatic carbocycles. The first-order chi connectivity index (χ1) is 13.2. The molecule has 0 saturated carbocycles. The predicted octanol–water partition coefficient (Wildman–Crippen LogP) is 4.56. The van der Waals surface area contributed by atoms with Gasteiger partial charge in [-0.25, -0.2) is 14.6 Å². The highest BCUT2D eigenvalue weighted by molar-refractivity contribution is 7.11. The Morgan fingerprint density at radius 1 is 1.14 bits per heavy atom. The highest BCUT2D eigenvalue weighted by Crippen LogP contribution is 2.19. The summed E-state index contributed by atoms with van der Waals surface area (Å²) in [5, 5.41) is 9.87. The number of thiazole rings is 1. The average Bonchev–Trinajstić information content (AvgIpc) is 2.98. The first-order valence-electron chi connectivity index (χ1n) is 9.37. The summed E-state index contributed by atoms with van der Waals surface area (Å²) in [7, 11) is 0. The molecule has 0 radical (unpaired) electrons. The van der Waals surface area contributed by atoms with Crippen molar-refractivity contribution < 1.29 is 19.4 Å². The molecule has 0 spiro atoms. The number of amides is 1. The van der Waals surface area contributed by atoms with Crippen LogP contribution in [0.5, 0.6) is 0 Å². The molecule has 0 unspecified atom stereocenters. The third-order valence-electron chi connectivity index (χ3n) is 4.03. The third kappa shape index (κ3) is 6.96. The molecule has 2 rings (SSSR count). The van der Waals surface area contributed by atoms with Crippen molar-refractivity contribution in [2.45, 2.75) is 52.6 Å². The van der Waals surface area contributed by atoms with Crippen LogP contribution >= 0.6 is 11.3 Å². The van der Waals surface area contributed by atoms with Crippen LogP contribution in [0.15, 0.2) is 30.3 Å². The molecule has 1 heterocycles. The number of carboxylic acid groups (broad SMARTS) is 1. The van der Waals surface area contributed by atoms with Crippen molar-refractivity contribution in [2.24, 2.45) is 0 Å². The monoisotopic (exact) mass is 404 g/mol. The van der Waals surface area contributed by atoms with E-state index < -0.39 is 11.6 Å². The maximum Gasteiger partial charge on any atom is 0.410 e. The topological polar surface area (TPSA) is 79.7 Å². The van der Waals surface area contributed by atoms with Crippen molar-refractivity contribution in [3.8, 4) is 0 Å². The van der Waals surface area contributed by atoms with Crippen LogP contribution in [0.3, 0.4) is 0 Å². The Morgan fingerprint density at radius 3 is 2.39 bits per heavy atom. The van der Waals surface area contributed by atoms with Gasteiger partial charge < -0.3 is 14.7 Å². The molecular weight excluding hydrogens is 376 g/mol. The minimum atomic E-state index is -1.02. The van der Waals surface area contributed by atoms with Gasteiger partial charge in [-0.2, -0.15) is 0 Å². The Bertz CT molecular complexity index is 796. The summed E-state index contributed by atoms with van der Waals surface area (Å²) >= 11 is 1.36. The van der Waals surface area contributed by atoms with Gasteiger partial charge in [0.15, 0.2) is 5.69 Å². The lowest BCUT2D eigenvalue weighted by Gasteiger charge is -2.27. The van der Waals surface area contributed by atoms with Gasteiger partial charge in [-0.15, -0.1) is 11.3 Å². The minimum absolute atomic E-state index is 0.0906. The molecule has 0 aliphatic rings. The zero-order valence-electron chi connectivity index (χ0n) is 16.9. The number of rotatable bonds is 8. The predicted molar refractivity (Wildman–Crippen MR) is 110 cm³/mol. The lowest BCUT2D eigenvalue weighted by Crippen LogP contribution is -2.38. The Morgan fingerprint density at radius 2 is 1.82 bits per heavy atom. The molecule has 28 heavy (non-hydrogen) atoms. The number of ether oxygens (including phenoxy) is 1. The fourth-order valence-corrected chi connectivity index (χ4v) is 3.64. The Hall–Kier alpha value is -2.41. The van der Waals surface area contributed by atoms with E-state index in [9.17, 15) is 9.59 Å². The molecule has 0 saturated heterocycles. The summed E-state index contributed by atoms with van der Waals surface area (Å²) in [5.74, 6) is -1.02. The van der Waals surface area contributed by atoms with Crippen molar-refractivity contribution in [3.63, 3.8) is 0 Å². The number of carbonyl (C=O) groups excluding carboxylic acids is 1. The summed E-state index contributed by atoms with van der Waals surface area (Å²) in [6.07, 6.45) is 1.84. The van der Waals surface area contributed by atoms with Crippen molar-refractivity contribution >= 4 is 23.4 Å². The maximum absolute atomic E-state index is 12.6. The van der Waals surface area contributed by atoms with Gasteiger partial charge in [-0.3, -0.25) is 0 Å². The number of aryl methyl sites for hydroxylation is 2. The number of benzene rings is 1. The molecule has 1 amide bonds. The number of hydrogen-bond acceptors (Lipinski definition) is 5. The van der Waals surface area contributed by atoms with Gasteiger partial charge in [0.25, 0.3) is 0 Å². The summed E-state index contributed by atoms with van der Waals surface area (Å²) in [4.78, 5) is 30.3. The van der Waals surface area contributed by atoms with E-state index in [1.807, 2.05) is 39.0 Å². The van der Waals surface area contributed by atoms with E-state index >= 15 is 0 Å². The molecule has 1 N–H and O–H groups in total. The molecule has 0 aliphatic carbocycles. The lowest BCUT2D eigenvalue weighted by molar-refractivity contribution is 0.0249. The van der Waals surface area contributed by atoms with Crippen LogP contribution in [-0.4, -0.2) is 45.7 Å². The molecule has 2 aromatic rings. The second-order valence-electron chi connectivity index (χ2n) is 7.62. The fraction of sp³-hybridized carbons (Fsp3) is 0.476. The van der Waals surface area contributed by atoms with Crippen LogP contribution in [-0.2, 0) is 17.6 Å². The standard InChI is InChI=1S/C21H28N2O4S/c1-15-18(19(24)25)22-17(28-15)12-14-23(20(26)27-21(2,3)4)13-8-11-16-9-6-5-7-10-16/h5-7,9-10H,8,11-14H2,1-4H3,(H,24,25). The second kappa shape index (κ2) is 9.68. The van der Waals surface area contributed by atoms with Crippen LogP contribution in [0.1, 0.15) is 53.1 Å². The first kappa shape index (κ1) is 21.9. The summed E-state index contributed by atoms with van der Waals surface area (Å²) in [5.41, 5.74) is 0.754. The largest absolute Gasteiger partial charge is 0.476 e. The quantitative estimate of drug-likeness (QED) is 0.697. The number of carbonyl (C=O) groups is 2. The highest BCUT2D eigenvalue weighted by atomic mass is 32.1. The number of aromatic nitrogens is 1. The van der Waals surface area contributed by atoms with E-state index in [0.29, 0.717) is 29.4 Å². The third-order valence-corrected chi connectivity index (χ3v) is 5.06. The Labute approximate surface area is 170 Å². The van der Waals surface area contributed by atoms with E-state index in [4.69, 9.17) is 9.84 Å². The molecule has 6 nitrogen and oxygen atoms in total. The number of nitrogens with zero attached hydrogens (tertiary/aromatic N) is 2. The molecule has 152 valence electrons. The molecule has 0 fully saturated rings. The van der Waals surface area contributed by atoms with E-state index in [1.165, 1.54) is 16.9 Å². The van der Waals surface area contributed by atoms with E-state index in [0.717, 1.165) is 12.8 Å². The van der Waals surface area contributed by atoms with Crippen LogP contribution < -0.4 is 0 Å². The molecule has 0 bridgehead atoms. The Balaban J connectivity index is 1.99. The molecule has 0 aliphatic heterocycles. The fourth-order valence-electron chi connectivity index (χ4n) is 2.73. The van der Waals surface area contributed by atoms with Crippen molar-refractivity contribution in [2.75, 3.05) is 13.1 Å². The molecule has 0 atom stereocenters. The van der Waals surface area contributed by atoms with Gasteiger partial charge in [0.05, 0.1) is 5.01 Å². The van der Waals surface area contributed by atoms with E-state index in [-0.39, 0.29) is 11.8 Å². The second-order valence-corrected chi connectivity index (χ2v) is 8.91. The average molecular weight is 405 g/mol. The van der Waals surface area contributed by atoms with Gasteiger partial charge in [-0.1, -0.05) is 30.3 Å². The molecule has 7 heteroatoms. The van der Waals surface area contributed by atoms with Gasteiger partial charge in [0.1, 0.15) is 5.60 Å². The minimum Gasteiger partial charge on any atom is -0.476 e. The van der Waals surface area contributed by atoms with Crippen LogP contribution in [0.25, 0.3) is 0 Å². The maximum atomic E-state index is 12.6. The van der Waals surface area contributed by atoms with Crippen molar-refractivity contribution in [3.05, 3.63) is 51.5 Å². The summed E-state index contributed by atoms with van der Waals surface area (Å²) in [6.45, 7) is 8.29. The van der Waals surface area contributed by atoms with Gasteiger partial charge >= 0.3 is 12.1 Å². The first-order valence-corrected chi connectivity index (χ1v) is 10.2. The normalized spacial score (nSPS) is 11.3. The van der Waals surface area contributed by atoms with Crippen LogP contribution in [0.4, 0.5) is 4.79 Å². The van der Waals surface area contributed by atoms with Crippen LogP contribution in [0, 0.1) is 6.92 Å². The summed E-state index contributed by atoms with van der Waals surface area (Å²) < 4.78 is 5.53. The molecular formula is C21H28N2O4S. The summed E-state index contributed by atoms with van der Waals surface area (Å²) in [6, 6.07) is 10.1. The van der Waals surface area contributed by atoms with Gasteiger partial charge in [0, 0.05) is 24.4 Å². The zero-order chi connectivity index (χ0) is 20.7. The zero-order valence-corrected chi connectivity index (χ0v) is 17.7. The van der Waals surface area contributed by atoms with E-state index in [1.54, 1.807) is 11.8 Å². The van der Waals surface area contributed by atoms with Crippen molar-refractivity contribution in [1.29, 1.82) is 0 Å². The van der Waals surface area contributed by atoms with Gasteiger partial charge in [-0.05, 0) is 46.1 Å². The van der Waals surface area contributed by atoms with E-state index in [2.05, 4.69) is 17.1 Å². The van der Waals surface area contributed by atoms with Gasteiger partial charge in [0.2, 0.25) is 0 Å². The number of carboxylic acids is 1. The molecule has 1 aromatic heterocycles. The smallest absolute Gasteiger partial charge is 0.410 e. The SMILES string of the molecule is Cc1sc(CCN(CCCc2ccccc2)C(=O)OC(C)(C)C)nc1C(=O)O. The lowest BCUT2D eigenvalue weighted by atomic mass is 10.1. The van der Waals surface area contributed by atoms with Crippen LogP contribution in [0.2, 0.25) is 0 Å². The Kier molecular flexibility index (Phi) is 7.57. The number of aromatic carboxylic acids is 1. The van der Waals surface area contributed by atoms with Crippen molar-refractivity contribution in [1.82, 2.24) is 9.88 Å².